The molecule has 1 aromatic rings. The standard InChI is InChI=1S/C18H25NO5/c1-13-7-8-19(16(11-13)18(21)22)17(20)14-5-3-6-15(12-14)24-10-4-9-23-2/h3,5-6,12-13,16H,4,7-11H2,1-2H3,(H,21,22). The number of rotatable bonds is 7. The van der Waals surface area contributed by atoms with E-state index in [0.717, 1.165) is 12.8 Å². The van der Waals surface area contributed by atoms with Gasteiger partial charge >= 0.3 is 5.97 Å². The van der Waals surface area contributed by atoms with Crippen molar-refractivity contribution in [1.29, 1.82) is 0 Å². The van der Waals surface area contributed by atoms with Crippen LogP contribution < -0.4 is 4.74 Å². The minimum atomic E-state index is -0.943. The molecule has 1 fully saturated rings. The first kappa shape index (κ1) is 18.3. The molecule has 2 rings (SSSR count). The summed E-state index contributed by atoms with van der Waals surface area (Å²) in [5.74, 6) is -0.279. The van der Waals surface area contributed by atoms with Gasteiger partial charge in [0.25, 0.3) is 5.91 Å². The molecule has 6 nitrogen and oxygen atoms in total. The van der Waals surface area contributed by atoms with Crippen LogP contribution in [0, 0.1) is 5.92 Å². The third kappa shape index (κ3) is 4.71. The first-order valence-corrected chi connectivity index (χ1v) is 8.28. The van der Waals surface area contributed by atoms with Gasteiger partial charge in [0, 0.05) is 32.2 Å². The molecule has 1 N–H and O–H groups in total. The number of likely N-dealkylation sites (tertiary alicyclic amines) is 1. The minimum absolute atomic E-state index is 0.253. The number of carbonyl (C=O) groups excluding carboxylic acids is 1. The van der Waals surface area contributed by atoms with Crippen LogP contribution in [0.2, 0.25) is 0 Å². The zero-order chi connectivity index (χ0) is 17.5. The first-order valence-electron chi connectivity index (χ1n) is 8.28. The summed E-state index contributed by atoms with van der Waals surface area (Å²) in [6, 6.07) is 6.15. The summed E-state index contributed by atoms with van der Waals surface area (Å²) < 4.78 is 10.6. The van der Waals surface area contributed by atoms with Crippen molar-refractivity contribution < 1.29 is 24.2 Å². The number of piperidine rings is 1. The molecular formula is C18H25NO5. The third-order valence-corrected chi connectivity index (χ3v) is 4.25. The van der Waals surface area contributed by atoms with Crippen LogP contribution in [0.1, 0.15) is 36.5 Å². The van der Waals surface area contributed by atoms with E-state index in [4.69, 9.17) is 9.47 Å². The van der Waals surface area contributed by atoms with Crippen molar-refractivity contribution in [3.8, 4) is 5.75 Å². The van der Waals surface area contributed by atoms with E-state index in [9.17, 15) is 14.7 Å². The molecule has 2 atom stereocenters. The highest BCUT2D eigenvalue weighted by Crippen LogP contribution is 2.25. The zero-order valence-electron chi connectivity index (χ0n) is 14.2. The van der Waals surface area contributed by atoms with Gasteiger partial charge in [-0.15, -0.1) is 0 Å². The maximum atomic E-state index is 12.7. The lowest BCUT2D eigenvalue weighted by molar-refractivity contribution is -0.144. The van der Waals surface area contributed by atoms with E-state index < -0.39 is 12.0 Å². The fraction of sp³-hybridized carbons (Fsp3) is 0.556. The molecule has 0 aromatic heterocycles. The summed E-state index contributed by atoms with van der Waals surface area (Å²) in [5, 5.41) is 9.41. The Kier molecular flexibility index (Phi) is 6.61. The summed E-state index contributed by atoms with van der Waals surface area (Å²) in [6.45, 7) is 3.61. The van der Waals surface area contributed by atoms with Crippen molar-refractivity contribution in [1.82, 2.24) is 4.90 Å². The van der Waals surface area contributed by atoms with E-state index in [2.05, 4.69) is 0 Å². The van der Waals surface area contributed by atoms with Crippen LogP contribution >= 0.6 is 0 Å². The Labute approximate surface area is 142 Å². The average molecular weight is 335 g/mol. The zero-order valence-corrected chi connectivity index (χ0v) is 14.2. The fourth-order valence-electron chi connectivity index (χ4n) is 2.90. The number of amides is 1. The summed E-state index contributed by atoms with van der Waals surface area (Å²) in [5.41, 5.74) is 0.458. The molecule has 1 amide bonds. The number of aliphatic carboxylic acids is 1. The summed E-state index contributed by atoms with van der Waals surface area (Å²) >= 11 is 0. The van der Waals surface area contributed by atoms with E-state index >= 15 is 0 Å². The molecule has 1 heterocycles. The van der Waals surface area contributed by atoms with Crippen molar-refractivity contribution in [3.05, 3.63) is 29.8 Å². The number of carboxylic acid groups (broad SMARTS) is 1. The SMILES string of the molecule is COCCCOc1cccc(C(=O)N2CCC(C)CC2C(=O)O)c1. The van der Waals surface area contributed by atoms with Gasteiger partial charge in [0.2, 0.25) is 0 Å². The van der Waals surface area contributed by atoms with Gasteiger partial charge in [-0.2, -0.15) is 0 Å². The van der Waals surface area contributed by atoms with Gasteiger partial charge in [-0.25, -0.2) is 4.79 Å². The summed E-state index contributed by atoms with van der Waals surface area (Å²) in [6.07, 6.45) is 2.08. The van der Waals surface area contributed by atoms with Crippen LogP contribution in [-0.4, -0.2) is 54.8 Å². The van der Waals surface area contributed by atoms with Gasteiger partial charge in [0.15, 0.2) is 0 Å². The molecule has 0 bridgehead atoms. The lowest BCUT2D eigenvalue weighted by atomic mass is 9.92. The molecule has 2 unspecified atom stereocenters. The second kappa shape index (κ2) is 8.68. The summed E-state index contributed by atoms with van der Waals surface area (Å²) in [7, 11) is 1.64. The van der Waals surface area contributed by atoms with Crippen LogP contribution in [0.15, 0.2) is 24.3 Å². The number of methoxy groups -OCH3 is 1. The van der Waals surface area contributed by atoms with Crippen molar-refractivity contribution in [2.75, 3.05) is 26.9 Å². The van der Waals surface area contributed by atoms with Crippen molar-refractivity contribution in [2.24, 2.45) is 5.92 Å². The molecule has 0 radical (unpaired) electrons. The van der Waals surface area contributed by atoms with Crippen molar-refractivity contribution in [3.63, 3.8) is 0 Å². The normalized spacial score (nSPS) is 20.7. The van der Waals surface area contributed by atoms with E-state index in [1.54, 1.807) is 31.4 Å². The largest absolute Gasteiger partial charge is 0.493 e. The lowest BCUT2D eigenvalue weighted by Crippen LogP contribution is -2.49. The molecule has 1 aromatic carbocycles. The number of hydrogen-bond acceptors (Lipinski definition) is 4. The predicted octanol–water partition coefficient (Wildman–Crippen LogP) is 2.43. The van der Waals surface area contributed by atoms with Crippen LogP contribution in [-0.2, 0) is 9.53 Å². The number of ether oxygens (including phenoxy) is 2. The maximum absolute atomic E-state index is 12.7. The topological polar surface area (TPSA) is 76.1 Å². The second-order valence-corrected chi connectivity index (χ2v) is 6.20. The fourth-order valence-corrected chi connectivity index (χ4v) is 2.90. The first-order chi connectivity index (χ1) is 11.5. The smallest absolute Gasteiger partial charge is 0.326 e. The second-order valence-electron chi connectivity index (χ2n) is 6.20. The molecule has 132 valence electrons. The Morgan fingerprint density at radius 2 is 2.12 bits per heavy atom. The number of hydrogen-bond donors (Lipinski definition) is 1. The predicted molar refractivity (Wildman–Crippen MR) is 89.3 cm³/mol. The lowest BCUT2D eigenvalue weighted by Gasteiger charge is -2.36. The van der Waals surface area contributed by atoms with Crippen molar-refractivity contribution >= 4 is 11.9 Å². The average Bonchev–Trinajstić information content (AvgIpc) is 2.58. The van der Waals surface area contributed by atoms with Gasteiger partial charge in [-0.1, -0.05) is 13.0 Å². The quantitative estimate of drug-likeness (QED) is 0.775. The van der Waals surface area contributed by atoms with Gasteiger partial charge in [0.05, 0.1) is 6.61 Å². The Morgan fingerprint density at radius 3 is 2.83 bits per heavy atom. The number of nitrogens with zero attached hydrogens (tertiary/aromatic N) is 1. The van der Waals surface area contributed by atoms with E-state index in [1.165, 1.54) is 4.90 Å². The molecule has 0 saturated carbocycles. The minimum Gasteiger partial charge on any atom is -0.493 e. The Hall–Kier alpha value is -2.08. The molecular weight excluding hydrogens is 310 g/mol. The molecule has 24 heavy (non-hydrogen) atoms. The van der Waals surface area contributed by atoms with Crippen LogP contribution in [0.25, 0.3) is 0 Å². The van der Waals surface area contributed by atoms with Gasteiger partial charge < -0.3 is 19.5 Å². The Morgan fingerprint density at radius 1 is 1.33 bits per heavy atom. The third-order valence-electron chi connectivity index (χ3n) is 4.25. The highest BCUT2D eigenvalue weighted by Gasteiger charge is 2.35. The molecule has 0 aliphatic carbocycles. The molecule has 1 aliphatic rings. The van der Waals surface area contributed by atoms with Crippen LogP contribution in [0.5, 0.6) is 5.75 Å². The van der Waals surface area contributed by atoms with Gasteiger partial charge in [-0.05, 0) is 37.0 Å². The van der Waals surface area contributed by atoms with E-state index in [1.807, 2.05) is 6.92 Å². The Balaban J connectivity index is 2.06. The van der Waals surface area contributed by atoms with Crippen LogP contribution in [0.3, 0.4) is 0 Å². The molecule has 1 aliphatic heterocycles. The molecule has 6 heteroatoms. The van der Waals surface area contributed by atoms with E-state index in [0.29, 0.717) is 43.4 Å². The number of benzene rings is 1. The van der Waals surface area contributed by atoms with E-state index in [-0.39, 0.29) is 5.91 Å². The highest BCUT2D eigenvalue weighted by molar-refractivity contribution is 5.97. The Bertz CT molecular complexity index is 574. The monoisotopic (exact) mass is 335 g/mol. The summed E-state index contributed by atoms with van der Waals surface area (Å²) in [4.78, 5) is 25.7. The maximum Gasteiger partial charge on any atom is 0.326 e. The number of carbonyl (C=O) groups is 2. The highest BCUT2D eigenvalue weighted by atomic mass is 16.5. The number of carboxylic acids is 1. The van der Waals surface area contributed by atoms with Crippen molar-refractivity contribution in [2.45, 2.75) is 32.2 Å². The molecule has 1 saturated heterocycles. The van der Waals surface area contributed by atoms with Crippen LogP contribution in [0.4, 0.5) is 0 Å². The molecule has 0 spiro atoms. The van der Waals surface area contributed by atoms with Gasteiger partial charge in [0.1, 0.15) is 11.8 Å². The van der Waals surface area contributed by atoms with Gasteiger partial charge in [-0.3, -0.25) is 4.79 Å².